The largest absolute Gasteiger partial charge is 0.460 e. The van der Waals surface area contributed by atoms with Crippen LogP contribution in [0.5, 0.6) is 0 Å². The predicted octanol–water partition coefficient (Wildman–Crippen LogP) is 2.47. The molecule has 1 aromatic carbocycles. The molecule has 0 amide bonds. The average Bonchev–Trinajstić information content (AvgIpc) is 2.32. The number of ether oxygens (including phenoxy) is 2. The van der Waals surface area contributed by atoms with Crippen LogP contribution in [-0.2, 0) is 18.5 Å². The van der Waals surface area contributed by atoms with Crippen molar-refractivity contribution in [1.29, 1.82) is 0 Å². The van der Waals surface area contributed by atoms with Crippen molar-refractivity contribution in [3.05, 3.63) is 29.3 Å². The van der Waals surface area contributed by atoms with Gasteiger partial charge in [0, 0.05) is 16.7 Å². The van der Waals surface area contributed by atoms with Crippen molar-refractivity contribution in [3.8, 4) is 0 Å². The van der Waals surface area contributed by atoms with Crippen molar-refractivity contribution in [2.75, 3.05) is 13.2 Å². The molecule has 118 valence electrons. The molecule has 0 bridgehead atoms. The van der Waals surface area contributed by atoms with Crippen LogP contribution < -0.4 is 0 Å². The van der Waals surface area contributed by atoms with Gasteiger partial charge in [-0.25, -0.2) is 22.0 Å². The molecule has 0 unspecified atom stereocenters. The van der Waals surface area contributed by atoms with Gasteiger partial charge in [0.25, 0.3) is 9.05 Å². The third kappa shape index (κ3) is 5.22. The van der Waals surface area contributed by atoms with E-state index in [0.717, 1.165) is 0 Å². The first-order valence-electron chi connectivity index (χ1n) is 5.85. The monoisotopic (exact) mass is 342 g/mol. The number of esters is 1. The Balaban J connectivity index is 2.90. The lowest BCUT2D eigenvalue weighted by Gasteiger charge is -2.09. The second-order valence-corrected chi connectivity index (χ2v) is 6.79. The summed E-state index contributed by atoms with van der Waals surface area (Å²) in [7, 11) is 0.548. The standard InChI is InChI=1S/C12H13ClF2O5S/c1-7(2)19-3-4-20-12(16)8-5-11(21(13,17)18)10(15)6-9(8)14/h5-7H,3-4H2,1-2H3. The van der Waals surface area contributed by atoms with Gasteiger partial charge in [0.15, 0.2) is 0 Å². The fourth-order valence-electron chi connectivity index (χ4n) is 1.37. The highest BCUT2D eigenvalue weighted by atomic mass is 35.7. The summed E-state index contributed by atoms with van der Waals surface area (Å²) in [5.41, 5.74) is -0.722. The van der Waals surface area contributed by atoms with E-state index in [4.69, 9.17) is 20.2 Å². The second-order valence-electron chi connectivity index (χ2n) is 4.26. The van der Waals surface area contributed by atoms with Crippen LogP contribution >= 0.6 is 10.7 Å². The maximum atomic E-state index is 13.5. The van der Waals surface area contributed by atoms with Gasteiger partial charge in [-0.05, 0) is 19.9 Å². The molecule has 1 rings (SSSR count). The van der Waals surface area contributed by atoms with Crippen LogP contribution in [0.4, 0.5) is 8.78 Å². The minimum Gasteiger partial charge on any atom is -0.460 e. The molecule has 0 fully saturated rings. The highest BCUT2D eigenvalue weighted by Crippen LogP contribution is 2.23. The maximum Gasteiger partial charge on any atom is 0.341 e. The fourth-order valence-corrected chi connectivity index (χ4v) is 2.27. The molecule has 0 heterocycles. The number of carbonyl (C=O) groups is 1. The van der Waals surface area contributed by atoms with Gasteiger partial charge in [-0.3, -0.25) is 0 Å². The van der Waals surface area contributed by atoms with Gasteiger partial charge in [0.1, 0.15) is 23.1 Å². The molecular formula is C12H13ClF2O5S. The molecule has 0 aliphatic heterocycles. The number of hydrogen-bond donors (Lipinski definition) is 0. The van der Waals surface area contributed by atoms with Gasteiger partial charge in [-0.15, -0.1) is 0 Å². The van der Waals surface area contributed by atoms with Crippen LogP contribution in [0.3, 0.4) is 0 Å². The number of carbonyl (C=O) groups excluding carboxylic acids is 1. The first kappa shape index (κ1) is 17.8. The molecular weight excluding hydrogens is 330 g/mol. The zero-order valence-electron chi connectivity index (χ0n) is 11.2. The summed E-state index contributed by atoms with van der Waals surface area (Å²) in [4.78, 5) is 10.6. The molecule has 0 spiro atoms. The lowest BCUT2D eigenvalue weighted by molar-refractivity contribution is 0.0173. The Labute approximate surface area is 125 Å². The van der Waals surface area contributed by atoms with Crippen LogP contribution in [0, 0.1) is 11.6 Å². The molecule has 0 saturated heterocycles. The summed E-state index contributed by atoms with van der Waals surface area (Å²) in [5.74, 6) is -3.77. The summed E-state index contributed by atoms with van der Waals surface area (Å²) in [6, 6.07) is 0.759. The topological polar surface area (TPSA) is 69.7 Å². The minimum atomic E-state index is -4.44. The average molecular weight is 343 g/mol. The van der Waals surface area contributed by atoms with Crippen molar-refractivity contribution in [1.82, 2.24) is 0 Å². The normalized spacial score (nSPS) is 11.7. The van der Waals surface area contributed by atoms with Gasteiger partial charge in [0.2, 0.25) is 0 Å². The maximum absolute atomic E-state index is 13.5. The van der Waals surface area contributed by atoms with Gasteiger partial charge in [-0.1, -0.05) is 0 Å². The zero-order chi connectivity index (χ0) is 16.2. The van der Waals surface area contributed by atoms with Crippen LogP contribution in [0.1, 0.15) is 24.2 Å². The SMILES string of the molecule is CC(C)OCCOC(=O)c1cc(S(=O)(=O)Cl)c(F)cc1F. The van der Waals surface area contributed by atoms with Crippen LogP contribution in [0.15, 0.2) is 17.0 Å². The van der Waals surface area contributed by atoms with E-state index < -0.39 is 37.1 Å². The molecule has 0 radical (unpaired) electrons. The van der Waals surface area contributed by atoms with E-state index in [1.165, 1.54) is 0 Å². The van der Waals surface area contributed by atoms with Gasteiger partial charge >= 0.3 is 5.97 Å². The van der Waals surface area contributed by atoms with E-state index in [9.17, 15) is 22.0 Å². The number of hydrogen-bond acceptors (Lipinski definition) is 5. The summed E-state index contributed by atoms with van der Waals surface area (Å²) in [6.07, 6.45) is -0.0701. The summed E-state index contributed by atoms with van der Waals surface area (Å²) >= 11 is 0. The highest BCUT2D eigenvalue weighted by Gasteiger charge is 2.23. The zero-order valence-corrected chi connectivity index (χ0v) is 12.8. The molecule has 0 N–H and O–H groups in total. The van der Waals surface area contributed by atoms with Crippen molar-refractivity contribution >= 4 is 25.7 Å². The number of benzene rings is 1. The Morgan fingerprint density at radius 2 is 1.86 bits per heavy atom. The Morgan fingerprint density at radius 3 is 2.38 bits per heavy atom. The smallest absolute Gasteiger partial charge is 0.341 e. The fraction of sp³-hybridized carbons (Fsp3) is 0.417. The highest BCUT2D eigenvalue weighted by molar-refractivity contribution is 8.13. The van der Waals surface area contributed by atoms with Gasteiger partial charge < -0.3 is 9.47 Å². The van der Waals surface area contributed by atoms with Crippen molar-refractivity contribution in [2.24, 2.45) is 0 Å². The van der Waals surface area contributed by atoms with Crippen molar-refractivity contribution < 1.29 is 31.5 Å². The lowest BCUT2D eigenvalue weighted by Crippen LogP contribution is -2.15. The molecule has 0 saturated carbocycles. The Kier molecular flexibility index (Phi) is 6.06. The molecule has 0 aliphatic rings. The summed E-state index contributed by atoms with van der Waals surface area (Å²) in [5, 5.41) is 0. The Hall–Kier alpha value is -1.25. The van der Waals surface area contributed by atoms with E-state index >= 15 is 0 Å². The summed E-state index contributed by atoms with van der Waals surface area (Å²) in [6.45, 7) is 3.49. The minimum absolute atomic E-state index is 0.0701. The molecule has 0 atom stereocenters. The Bertz CT molecular complexity index is 631. The van der Waals surface area contributed by atoms with Crippen molar-refractivity contribution in [3.63, 3.8) is 0 Å². The first-order chi connectivity index (χ1) is 9.62. The summed E-state index contributed by atoms with van der Waals surface area (Å²) < 4.78 is 58.8. The van der Waals surface area contributed by atoms with Crippen LogP contribution in [0.2, 0.25) is 0 Å². The number of halogens is 3. The molecule has 0 aromatic heterocycles. The quantitative estimate of drug-likeness (QED) is 0.451. The Morgan fingerprint density at radius 1 is 1.24 bits per heavy atom. The van der Waals surface area contributed by atoms with Gasteiger partial charge in [0.05, 0.1) is 18.3 Å². The molecule has 9 heteroatoms. The van der Waals surface area contributed by atoms with Crippen LogP contribution in [0.25, 0.3) is 0 Å². The second kappa shape index (κ2) is 7.15. The third-order valence-electron chi connectivity index (χ3n) is 2.27. The number of rotatable bonds is 6. The van der Waals surface area contributed by atoms with Gasteiger partial charge in [-0.2, -0.15) is 0 Å². The van der Waals surface area contributed by atoms with Crippen molar-refractivity contribution in [2.45, 2.75) is 24.8 Å². The molecule has 21 heavy (non-hydrogen) atoms. The molecule has 0 aliphatic carbocycles. The van der Waals surface area contributed by atoms with E-state index in [0.29, 0.717) is 6.07 Å². The van der Waals surface area contributed by atoms with E-state index in [-0.39, 0.29) is 25.4 Å². The predicted molar refractivity (Wildman–Crippen MR) is 70.8 cm³/mol. The van der Waals surface area contributed by atoms with E-state index in [1.807, 2.05) is 0 Å². The third-order valence-corrected chi connectivity index (χ3v) is 3.61. The van der Waals surface area contributed by atoms with E-state index in [2.05, 4.69) is 0 Å². The molecule has 1 aromatic rings. The lowest BCUT2D eigenvalue weighted by atomic mass is 10.2. The van der Waals surface area contributed by atoms with Crippen LogP contribution in [-0.4, -0.2) is 33.7 Å². The van der Waals surface area contributed by atoms with E-state index in [1.54, 1.807) is 13.8 Å². The first-order valence-corrected chi connectivity index (χ1v) is 8.16. The molecule has 5 nitrogen and oxygen atoms in total.